The van der Waals surface area contributed by atoms with Gasteiger partial charge in [0.1, 0.15) is 5.75 Å². The summed E-state index contributed by atoms with van der Waals surface area (Å²) < 4.78 is 5.74. The van der Waals surface area contributed by atoms with Gasteiger partial charge in [-0.3, -0.25) is 9.59 Å². The van der Waals surface area contributed by atoms with E-state index in [1.165, 1.54) is 4.90 Å². The number of aliphatic hydroxyl groups is 1. The first-order valence-electron chi connectivity index (χ1n) is 11.8. The van der Waals surface area contributed by atoms with Crippen LogP contribution in [0, 0.1) is 0 Å². The highest BCUT2D eigenvalue weighted by molar-refractivity contribution is 5.98. The zero-order valence-electron chi connectivity index (χ0n) is 19.5. The molecule has 0 fully saturated rings. The van der Waals surface area contributed by atoms with Crippen molar-refractivity contribution >= 4 is 17.5 Å². The number of nitrogens with one attached hydrogen (secondary N) is 1. The van der Waals surface area contributed by atoms with Crippen LogP contribution in [0.15, 0.2) is 48.5 Å². The van der Waals surface area contributed by atoms with E-state index in [9.17, 15) is 9.59 Å². The van der Waals surface area contributed by atoms with E-state index in [-0.39, 0.29) is 31.6 Å². The lowest BCUT2D eigenvalue weighted by Gasteiger charge is -2.27. The first-order chi connectivity index (χ1) is 16.1. The Bertz CT molecular complexity index is 904. The number of hydrogen-bond donors (Lipinski definition) is 2. The lowest BCUT2D eigenvalue weighted by Crippen LogP contribution is -2.37. The quantitative estimate of drug-likeness (QED) is 0.702. The van der Waals surface area contributed by atoms with Gasteiger partial charge in [0.2, 0.25) is 0 Å². The predicted molar refractivity (Wildman–Crippen MR) is 130 cm³/mol. The molecule has 2 N–H and O–H groups in total. The predicted octanol–water partition coefficient (Wildman–Crippen LogP) is 3.22. The smallest absolute Gasteiger partial charge is 0.264 e. The van der Waals surface area contributed by atoms with Crippen LogP contribution in [0.3, 0.4) is 0 Å². The summed E-state index contributed by atoms with van der Waals surface area (Å²) >= 11 is 0. The summed E-state index contributed by atoms with van der Waals surface area (Å²) in [6.07, 6.45) is 5.42. The number of carbonyl (C=O) groups excluding carboxylic acids is 2. The van der Waals surface area contributed by atoms with Crippen molar-refractivity contribution in [3.8, 4) is 5.75 Å². The molecule has 2 aromatic rings. The lowest BCUT2D eigenvalue weighted by molar-refractivity contribution is -0.120. The summed E-state index contributed by atoms with van der Waals surface area (Å²) in [6.45, 7) is 2.23. The van der Waals surface area contributed by atoms with Gasteiger partial charge in [-0.1, -0.05) is 37.5 Å². The monoisotopic (exact) mass is 453 g/mol. The van der Waals surface area contributed by atoms with E-state index in [4.69, 9.17) is 9.84 Å². The molecular weight excluding hydrogens is 418 g/mol. The number of fused-ring (bicyclic) bond motifs is 1. The number of aliphatic hydroxyl groups excluding tert-OH is 1. The van der Waals surface area contributed by atoms with E-state index < -0.39 is 0 Å². The molecule has 0 aliphatic carbocycles. The van der Waals surface area contributed by atoms with E-state index >= 15 is 0 Å². The highest BCUT2D eigenvalue weighted by Gasteiger charge is 2.21. The standard InChI is InChI=1S/C26H35N3O4/c1-28(16-17-30)26(32)21-12-13-24-22(18-21)19-27-14-8-3-2-4-9-15-29(24)25(31)20-33-23-10-6-5-7-11-23/h5-7,10-13,18,27,30H,2-4,8-9,14-17,19-20H2,1H3. The van der Waals surface area contributed by atoms with E-state index in [1.807, 2.05) is 42.5 Å². The Morgan fingerprint density at radius 1 is 1.06 bits per heavy atom. The molecule has 0 bridgehead atoms. The van der Waals surface area contributed by atoms with Gasteiger partial charge in [-0.25, -0.2) is 0 Å². The number of amides is 2. The number of anilines is 1. The number of rotatable bonds is 6. The summed E-state index contributed by atoms with van der Waals surface area (Å²) in [4.78, 5) is 29.3. The van der Waals surface area contributed by atoms with E-state index in [1.54, 1.807) is 18.0 Å². The Kier molecular flexibility index (Phi) is 9.72. The molecule has 0 atom stereocenters. The molecule has 1 aliphatic rings. The van der Waals surface area contributed by atoms with E-state index in [0.29, 0.717) is 24.4 Å². The molecule has 0 aromatic heterocycles. The minimum absolute atomic E-state index is 0.0448. The van der Waals surface area contributed by atoms with Crippen LogP contribution in [0.2, 0.25) is 0 Å². The molecule has 1 heterocycles. The Balaban J connectivity index is 1.86. The van der Waals surface area contributed by atoms with Crippen LogP contribution in [0.5, 0.6) is 5.75 Å². The highest BCUT2D eigenvalue weighted by atomic mass is 16.5. The van der Waals surface area contributed by atoms with Gasteiger partial charge in [-0.05, 0) is 55.3 Å². The third-order valence-electron chi connectivity index (χ3n) is 5.86. The van der Waals surface area contributed by atoms with Crippen molar-refractivity contribution in [1.82, 2.24) is 10.2 Å². The Morgan fingerprint density at radius 3 is 2.61 bits per heavy atom. The normalized spacial score (nSPS) is 15.0. The average molecular weight is 454 g/mol. The second kappa shape index (κ2) is 13.0. The molecule has 0 saturated heterocycles. The third kappa shape index (κ3) is 7.30. The SMILES string of the molecule is CN(CCO)C(=O)c1ccc2c(c1)CNCCCCCCCN2C(=O)COc1ccccc1. The summed E-state index contributed by atoms with van der Waals surface area (Å²) in [6, 6.07) is 14.8. The second-order valence-electron chi connectivity index (χ2n) is 8.39. The van der Waals surface area contributed by atoms with Gasteiger partial charge < -0.3 is 25.0 Å². The molecule has 7 nitrogen and oxygen atoms in total. The summed E-state index contributed by atoms with van der Waals surface area (Å²) in [7, 11) is 1.67. The van der Waals surface area contributed by atoms with Crippen molar-refractivity contribution in [3.05, 3.63) is 59.7 Å². The molecular formula is C26H35N3O4. The Labute approximate surface area is 196 Å². The topological polar surface area (TPSA) is 82.1 Å². The van der Waals surface area contributed by atoms with Crippen LogP contribution in [0.1, 0.15) is 48.0 Å². The fourth-order valence-corrected chi connectivity index (χ4v) is 3.99. The number of benzene rings is 2. The van der Waals surface area contributed by atoms with Crippen LogP contribution in [-0.4, -0.2) is 61.7 Å². The zero-order chi connectivity index (χ0) is 23.5. The first kappa shape index (κ1) is 24.7. The number of nitrogens with zero attached hydrogens (tertiary/aromatic N) is 2. The van der Waals surface area contributed by atoms with Crippen molar-refractivity contribution in [2.24, 2.45) is 0 Å². The van der Waals surface area contributed by atoms with Gasteiger partial charge in [0.15, 0.2) is 6.61 Å². The molecule has 2 amide bonds. The second-order valence-corrected chi connectivity index (χ2v) is 8.39. The zero-order valence-corrected chi connectivity index (χ0v) is 19.5. The molecule has 3 rings (SSSR count). The Morgan fingerprint density at radius 2 is 1.82 bits per heavy atom. The molecule has 2 aromatic carbocycles. The van der Waals surface area contributed by atoms with Crippen LogP contribution in [0.25, 0.3) is 0 Å². The number of likely N-dealkylation sites (N-methyl/N-ethyl adjacent to an activating group) is 1. The largest absolute Gasteiger partial charge is 0.484 e. The third-order valence-corrected chi connectivity index (χ3v) is 5.86. The maximum atomic E-state index is 13.2. The van der Waals surface area contributed by atoms with Crippen LogP contribution in [-0.2, 0) is 11.3 Å². The molecule has 0 unspecified atom stereocenters. The summed E-state index contributed by atoms with van der Waals surface area (Å²) in [5, 5.41) is 12.6. The highest BCUT2D eigenvalue weighted by Crippen LogP contribution is 2.25. The lowest BCUT2D eigenvalue weighted by atomic mass is 10.0. The molecule has 0 saturated carbocycles. The van der Waals surface area contributed by atoms with Crippen LogP contribution in [0.4, 0.5) is 5.69 Å². The van der Waals surface area contributed by atoms with Crippen molar-refractivity contribution in [2.45, 2.75) is 38.6 Å². The summed E-state index contributed by atoms with van der Waals surface area (Å²) in [5.41, 5.74) is 2.27. The van der Waals surface area contributed by atoms with Gasteiger partial charge >= 0.3 is 0 Å². The van der Waals surface area contributed by atoms with Gasteiger partial charge in [0.25, 0.3) is 11.8 Å². The molecule has 1 aliphatic heterocycles. The average Bonchev–Trinajstić information content (AvgIpc) is 2.83. The van der Waals surface area contributed by atoms with Crippen molar-refractivity contribution in [1.29, 1.82) is 0 Å². The number of para-hydroxylation sites is 1. The molecule has 178 valence electrons. The minimum Gasteiger partial charge on any atom is -0.484 e. The number of ether oxygens (including phenoxy) is 1. The van der Waals surface area contributed by atoms with Crippen LogP contribution < -0.4 is 15.0 Å². The maximum Gasteiger partial charge on any atom is 0.264 e. The summed E-state index contributed by atoms with van der Waals surface area (Å²) in [5.74, 6) is 0.409. The van der Waals surface area contributed by atoms with Gasteiger partial charge in [0, 0.05) is 37.9 Å². The van der Waals surface area contributed by atoms with Gasteiger partial charge in [-0.15, -0.1) is 0 Å². The fourth-order valence-electron chi connectivity index (χ4n) is 3.99. The minimum atomic E-state index is -0.150. The van der Waals surface area contributed by atoms with Gasteiger partial charge in [-0.2, -0.15) is 0 Å². The molecule has 33 heavy (non-hydrogen) atoms. The van der Waals surface area contributed by atoms with Crippen molar-refractivity contribution < 1.29 is 19.4 Å². The van der Waals surface area contributed by atoms with E-state index in [2.05, 4.69) is 5.32 Å². The van der Waals surface area contributed by atoms with Crippen molar-refractivity contribution in [3.63, 3.8) is 0 Å². The van der Waals surface area contributed by atoms with Gasteiger partial charge in [0.05, 0.1) is 6.61 Å². The number of carbonyl (C=O) groups is 2. The van der Waals surface area contributed by atoms with Crippen LogP contribution >= 0.6 is 0 Å². The van der Waals surface area contributed by atoms with E-state index in [0.717, 1.165) is 49.9 Å². The van der Waals surface area contributed by atoms with Crippen molar-refractivity contribution in [2.75, 3.05) is 44.8 Å². The molecule has 0 radical (unpaired) electrons. The fraction of sp³-hybridized carbons (Fsp3) is 0.462. The molecule has 0 spiro atoms. The molecule has 7 heteroatoms. The first-order valence-corrected chi connectivity index (χ1v) is 11.8. The maximum absolute atomic E-state index is 13.2. The number of hydrogen-bond acceptors (Lipinski definition) is 5. The Hall–Kier alpha value is -2.90.